The van der Waals surface area contributed by atoms with E-state index in [1.54, 1.807) is 0 Å². The van der Waals surface area contributed by atoms with Gasteiger partial charge in [-0.25, -0.2) is 14.1 Å². The molecule has 0 aromatic heterocycles. The second-order valence-electron chi connectivity index (χ2n) is 7.27. The van der Waals surface area contributed by atoms with Crippen LogP contribution in [0.1, 0.15) is 45.6 Å². The van der Waals surface area contributed by atoms with Crippen molar-refractivity contribution in [2.75, 3.05) is 6.54 Å². The summed E-state index contributed by atoms with van der Waals surface area (Å²) in [6, 6.07) is 10.00. The third-order valence-corrected chi connectivity index (χ3v) is 4.79. The zero-order valence-electron chi connectivity index (χ0n) is 14.2. The number of nitrogens with zero attached hydrogens (tertiary/aromatic N) is 1. The molecule has 1 aromatic carbocycles. The van der Waals surface area contributed by atoms with Gasteiger partial charge in [0.05, 0.1) is 12.1 Å². The monoisotopic (exact) mass is 319 g/mol. The summed E-state index contributed by atoms with van der Waals surface area (Å²) >= 11 is 0. The van der Waals surface area contributed by atoms with Crippen molar-refractivity contribution < 1.29 is 18.8 Å². The summed E-state index contributed by atoms with van der Waals surface area (Å²) < 4.78 is 5.42. The van der Waals surface area contributed by atoms with Crippen LogP contribution in [0.2, 0.25) is 0 Å². The molecule has 1 saturated heterocycles. The highest BCUT2D eigenvalue weighted by Crippen LogP contribution is 2.34. The quantitative estimate of drug-likeness (QED) is 0.871. The maximum absolute atomic E-state index is 13.3. The van der Waals surface area contributed by atoms with Gasteiger partial charge in [-0.1, -0.05) is 30.3 Å². The van der Waals surface area contributed by atoms with Gasteiger partial charge in [-0.15, -0.1) is 0 Å². The third kappa shape index (κ3) is 3.72. The highest BCUT2D eigenvalue weighted by atomic mass is 16.6. The van der Waals surface area contributed by atoms with Gasteiger partial charge in [-0.05, 0) is 40.0 Å². The number of carbonyl (C=O) groups excluding carboxylic acids is 2. The summed E-state index contributed by atoms with van der Waals surface area (Å²) in [5.74, 6) is -0.0438. The molecule has 1 aliphatic rings. The van der Waals surface area contributed by atoms with Crippen LogP contribution >= 0.6 is 0 Å². The Morgan fingerprint density at radius 3 is 2.48 bits per heavy atom. The number of ether oxygens (including phenoxy) is 1. The molecular formula is C18H27N2O3+. The van der Waals surface area contributed by atoms with Crippen molar-refractivity contribution in [1.82, 2.24) is 0 Å². The first-order valence-electron chi connectivity index (χ1n) is 8.18. The van der Waals surface area contributed by atoms with Crippen LogP contribution in [0.25, 0.3) is 0 Å². The average Bonchev–Trinajstić information content (AvgIpc) is 2.61. The number of hydrogen-bond acceptors (Lipinski definition) is 3. The number of hydrogen-bond donors (Lipinski definition) is 1. The van der Waals surface area contributed by atoms with Gasteiger partial charge in [-0.3, -0.25) is 0 Å². The number of primary amides is 1. The van der Waals surface area contributed by atoms with Crippen LogP contribution in [0, 0.1) is 0 Å². The Morgan fingerprint density at radius 1 is 1.26 bits per heavy atom. The minimum Gasteiger partial charge on any atom is -0.432 e. The lowest BCUT2D eigenvalue weighted by molar-refractivity contribution is -0.914. The molecule has 23 heavy (non-hydrogen) atoms. The highest BCUT2D eigenvalue weighted by molar-refractivity contribution is 5.78. The van der Waals surface area contributed by atoms with Gasteiger partial charge in [0, 0.05) is 5.56 Å². The normalized spacial score (nSPS) is 25.7. The van der Waals surface area contributed by atoms with Crippen molar-refractivity contribution in [3.63, 3.8) is 0 Å². The molecule has 126 valence electrons. The SMILES string of the molecule is CC(C)(C)[N+]1(Cc2ccccc2)CCCC[C@H](OC(N)=O)C1=O. The van der Waals surface area contributed by atoms with Gasteiger partial charge >= 0.3 is 12.0 Å². The average molecular weight is 319 g/mol. The van der Waals surface area contributed by atoms with E-state index in [4.69, 9.17) is 10.5 Å². The number of benzene rings is 1. The lowest BCUT2D eigenvalue weighted by Crippen LogP contribution is -2.65. The van der Waals surface area contributed by atoms with E-state index in [9.17, 15) is 9.59 Å². The van der Waals surface area contributed by atoms with Crippen molar-refractivity contribution in [1.29, 1.82) is 0 Å². The molecule has 0 bridgehead atoms. The second kappa shape index (κ2) is 6.71. The molecule has 2 rings (SSSR count). The van der Waals surface area contributed by atoms with Crippen LogP contribution in [-0.4, -0.2) is 34.7 Å². The molecule has 0 radical (unpaired) electrons. The van der Waals surface area contributed by atoms with Crippen molar-refractivity contribution in [3.05, 3.63) is 35.9 Å². The molecule has 1 fully saturated rings. The van der Waals surface area contributed by atoms with E-state index in [0.29, 0.717) is 13.0 Å². The van der Waals surface area contributed by atoms with Crippen LogP contribution in [0.5, 0.6) is 0 Å². The number of amides is 2. The smallest absolute Gasteiger partial charge is 0.405 e. The fourth-order valence-corrected chi connectivity index (χ4v) is 3.43. The minimum absolute atomic E-state index is 0.0438. The Hall–Kier alpha value is -1.88. The third-order valence-electron chi connectivity index (χ3n) is 4.79. The molecule has 1 heterocycles. The van der Waals surface area contributed by atoms with Crippen LogP contribution in [0.3, 0.4) is 0 Å². The van der Waals surface area contributed by atoms with Gasteiger partial charge in [-0.2, -0.15) is 0 Å². The first kappa shape index (κ1) is 17.5. The molecular weight excluding hydrogens is 292 g/mol. The second-order valence-corrected chi connectivity index (χ2v) is 7.27. The van der Waals surface area contributed by atoms with Crippen molar-refractivity contribution in [3.8, 4) is 0 Å². The van der Waals surface area contributed by atoms with E-state index in [-0.39, 0.29) is 15.9 Å². The van der Waals surface area contributed by atoms with Crippen LogP contribution in [0.15, 0.2) is 30.3 Å². The fraction of sp³-hybridized carbons (Fsp3) is 0.556. The van der Waals surface area contributed by atoms with Crippen molar-refractivity contribution in [2.24, 2.45) is 5.73 Å². The largest absolute Gasteiger partial charge is 0.432 e. The Bertz CT molecular complexity index is 565. The summed E-state index contributed by atoms with van der Waals surface area (Å²) in [5.41, 5.74) is 5.98. The molecule has 1 aliphatic heterocycles. The summed E-state index contributed by atoms with van der Waals surface area (Å²) in [4.78, 5) is 24.5. The van der Waals surface area contributed by atoms with Gasteiger partial charge in [0.1, 0.15) is 6.54 Å². The van der Waals surface area contributed by atoms with E-state index in [1.165, 1.54) is 0 Å². The van der Waals surface area contributed by atoms with Gasteiger partial charge in [0.2, 0.25) is 6.10 Å². The number of carbonyl (C=O) groups is 2. The van der Waals surface area contributed by atoms with Crippen LogP contribution in [0.4, 0.5) is 4.79 Å². The Labute approximate surface area is 138 Å². The molecule has 5 heteroatoms. The molecule has 5 nitrogen and oxygen atoms in total. The number of rotatable bonds is 3. The van der Waals surface area contributed by atoms with Crippen LogP contribution < -0.4 is 5.73 Å². The molecule has 0 spiro atoms. The van der Waals surface area contributed by atoms with Gasteiger partial charge in [0.25, 0.3) is 0 Å². The topological polar surface area (TPSA) is 69.4 Å². The van der Waals surface area contributed by atoms with Crippen molar-refractivity contribution >= 4 is 12.0 Å². The predicted octanol–water partition coefficient (Wildman–Crippen LogP) is 2.98. The highest BCUT2D eigenvalue weighted by Gasteiger charge is 2.51. The van der Waals surface area contributed by atoms with E-state index in [2.05, 4.69) is 20.8 Å². The van der Waals surface area contributed by atoms with E-state index >= 15 is 0 Å². The molecule has 1 aromatic rings. The Morgan fingerprint density at radius 2 is 1.91 bits per heavy atom. The maximum Gasteiger partial charge on any atom is 0.405 e. The van der Waals surface area contributed by atoms with Crippen LogP contribution in [-0.2, 0) is 16.1 Å². The molecule has 0 saturated carbocycles. The Balaban J connectivity index is 2.42. The van der Waals surface area contributed by atoms with Crippen molar-refractivity contribution in [2.45, 2.75) is 58.2 Å². The van der Waals surface area contributed by atoms with E-state index in [1.807, 2.05) is 30.3 Å². The standard InChI is InChI=1S/C18H26N2O3/c1-18(2,3)20(13-14-9-5-4-6-10-14)12-8-7-11-15(16(20)21)23-17(19)22/h4-6,9-10,15H,7-8,11-13H2,1-3H3,(H-,19,22)/p+1/t15-,20?/m0/s1. The van der Waals surface area contributed by atoms with E-state index < -0.39 is 12.2 Å². The fourth-order valence-electron chi connectivity index (χ4n) is 3.43. The van der Waals surface area contributed by atoms with Gasteiger partial charge in [0.15, 0.2) is 0 Å². The lowest BCUT2D eigenvalue weighted by atomic mass is 9.97. The summed E-state index contributed by atoms with van der Waals surface area (Å²) in [6.45, 7) is 7.55. The molecule has 2 amide bonds. The number of nitrogens with two attached hydrogens (primary N) is 1. The number of quaternary nitrogens is 1. The predicted molar refractivity (Wildman–Crippen MR) is 88.3 cm³/mol. The lowest BCUT2D eigenvalue weighted by Gasteiger charge is -2.46. The van der Waals surface area contributed by atoms with Gasteiger partial charge < -0.3 is 10.5 Å². The molecule has 2 atom stereocenters. The molecule has 0 aliphatic carbocycles. The number of likely N-dealkylation sites (tertiary alicyclic amines) is 1. The zero-order valence-corrected chi connectivity index (χ0v) is 14.2. The zero-order chi connectivity index (χ0) is 17.1. The first-order chi connectivity index (χ1) is 10.8. The summed E-state index contributed by atoms with van der Waals surface area (Å²) in [6.07, 6.45) is 0.699. The minimum atomic E-state index is -0.878. The van der Waals surface area contributed by atoms with E-state index in [0.717, 1.165) is 24.9 Å². The summed E-state index contributed by atoms with van der Waals surface area (Å²) in [7, 11) is 0. The molecule has 1 unspecified atom stereocenters. The molecule has 2 N–H and O–H groups in total. The summed E-state index contributed by atoms with van der Waals surface area (Å²) in [5, 5.41) is 0. The Kier molecular flexibility index (Phi) is 5.09. The maximum atomic E-state index is 13.3. The first-order valence-corrected chi connectivity index (χ1v) is 8.18.